The molecule has 0 atom stereocenters. The average Bonchev–Trinajstić information content (AvgIpc) is 3.03. The predicted molar refractivity (Wildman–Crippen MR) is 102 cm³/mol. The lowest BCUT2D eigenvalue weighted by Gasteiger charge is -2.10. The summed E-state index contributed by atoms with van der Waals surface area (Å²) in [5.41, 5.74) is 4.76. The van der Waals surface area contributed by atoms with Gasteiger partial charge < -0.3 is 5.32 Å². The van der Waals surface area contributed by atoms with Gasteiger partial charge in [-0.1, -0.05) is 37.1 Å². The summed E-state index contributed by atoms with van der Waals surface area (Å²) in [5, 5.41) is 7.58. The molecule has 1 amide bonds. The molecule has 0 saturated carbocycles. The van der Waals surface area contributed by atoms with Crippen LogP contribution in [0, 0.1) is 20.8 Å². The van der Waals surface area contributed by atoms with E-state index in [2.05, 4.69) is 33.4 Å². The lowest BCUT2D eigenvalue weighted by Crippen LogP contribution is -2.27. The number of rotatable bonds is 6. The number of nitrogens with zero attached hydrogens (tertiary/aromatic N) is 4. The van der Waals surface area contributed by atoms with Gasteiger partial charge in [0, 0.05) is 29.1 Å². The Morgan fingerprint density at radius 1 is 1.19 bits per heavy atom. The summed E-state index contributed by atoms with van der Waals surface area (Å²) in [6.45, 7) is 8.74. The van der Waals surface area contributed by atoms with Gasteiger partial charge in [-0.15, -0.1) is 5.10 Å². The lowest BCUT2D eigenvalue weighted by molar-refractivity contribution is -0.120. The Labute approximate surface area is 153 Å². The minimum absolute atomic E-state index is 0.0184. The van der Waals surface area contributed by atoms with Crippen LogP contribution in [0.15, 0.2) is 24.3 Å². The first-order chi connectivity index (χ1) is 12.5. The summed E-state index contributed by atoms with van der Waals surface area (Å²) >= 11 is 0. The van der Waals surface area contributed by atoms with E-state index in [9.17, 15) is 4.79 Å². The molecule has 0 aliphatic carbocycles. The zero-order chi connectivity index (χ0) is 18.7. The summed E-state index contributed by atoms with van der Waals surface area (Å²) in [4.78, 5) is 21.3. The number of amides is 1. The fraction of sp³-hybridized carbons (Fsp3) is 0.400. The zero-order valence-corrected chi connectivity index (χ0v) is 15.8. The molecule has 6 heteroatoms. The fourth-order valence-corrected chi connectivity index (χ4v) is 3.00. The second kappa shape index (κ2) is 7.64. The monoisotopic (exact) mass is 351 g/mol. The van der Waals surface area contributed by atoms with Crippen molar-refractivity contribution in [3.63, 3.8) is 0 Å². The van der Waals surface area contributed by atoms with Crippen LogP contribution in [-0.2, 0) is 11.2 Å². The van der Waals surface area contributed by atoms with Gasteiger partial charge in [0.15, 0.2) is 5.82 Å². The Bertz CT molecular complexity index is 945. The van der Waals surface area contributed by atoms with Gasteiger partial charge in [0.2, 0.25) is 5.91 Å². The average molecular weight is 351 g/mol. The van der Waals surface area contributed by atoms with E-state index in [1.165, 1.54) is 0 Å². The van der Waals surface area contributed by atoms with E-state index in [1.807, 2.05) is 39.0 Å². The Morgan fingerprint density at radius 3 is 2.73 bits per heavy atom. The van der Waals surface area contributed by atoms with Gasteiger partial charge in [-0.05, 0) is 33.3 Å². The van der Waals surface area contributed by atoms with Gasteiger partial charge in [0.25, 0.3) is 5.78 Å². The summed E-state index contributed by atoms with van der Waals surface area (Å²) in [5.74, 6) is 1.23. The molecule has 2 aromatic heterocycles. The molecule has 0 saturated heterocycles. The molecule has 26 heavy (non-hydrogen) atoms. The Balaban J connectivity index is 1.93. The number of aromatic nitrogens is 4. The first kappa shape index (κ1) is 18.0. The number of hydrogen-bond donors (Lipinski definition) is 1. The van der Waals surface area contributed by atoms with Crippen LogP contribution in [0.25, 0.3) is 17.2 Å². The second-order valence-corrected chi connectivity index (χ2v) is 6.66. The molecule has 0 spiro atoms. The van der Waals surface area contributed by atoms with Gasteiger partial charge in [-0.2, -0.15) is 4.98 Å². The van der Waals surface area contributed by atoms with Crippen LogP contribution >= 0.6 is 0 Å². The van der Waals surface area contributed by atoms with Crippen molar-refractivity contribution < 1.29 is 4.79 Å². The highest BCUT2D eigenvalue weighted by molar-refractivity contribution is 5.79. The minimum atomic E-state index is 0.0184. The fourth-order valence-electron chi connectivity index (χ4n) is 3.00. The molecule has 1 aromatic carbocycles. The number of carbonyl (C=O) groups excluding carboxylic acids is 1. The molecule has 3 rings (SSSR count). The Hall–Kier alpha value is -2.76. The highest BCUT2D eigenvalue weighted by Gasteiger charge is 2.16. The molecule has 0 aliphatic heterocycles. The number of nitrogens with one attached hydrogen (secondary N) is 1. The Morgan fingerprint density at radius 2 is 2.00 bits per heavy atom. The van der Waals surface area contributed by atoms with E-state index >= 15 is 0 Å². The second-order valence-electron chi connectivity index (χ2n) is 6.66. The smallest absolute Gasteiger partial charge is 0.253 e. The third-order valence-electron chi connectivity index (χ3n) is 4.52. The molecule has 0 bridgehead atoms. The molecule has 3 aromatic rings. The van der Waals surface area contributed by atoms with E-state index in [4.69, 9.17) is 0 Å². The molecule has 0 unspecified atom stereocenters. The molecular formula is C20H25N5O. The molecule has 0 fully saturated rings. The minimum Gasteiger partial charge on any atom is -0.356 e. The van der Waals surface area contributed by atoms with Crippen LogP contribution in [0.3, 0.4) is 0 Å². The van der Waals surface area contributed by atoms with Gasteiger partial charge >= 0.3 is 0 Å². The van der Waals surface area contributed by atoms with Gasteiger partial charge in [0.1, 0.15) is 0 Å². The largest absolute Gasteiger partial charge is 0.356 e. The quantitative estimate of drug-likeness (QED) is 0.692. The zero-order valence-electron chi connectivity index (χ0n) is 15.8. The van der Waals surface area contributed by atoms with Gasteiger partial charge in [-0.3, -0.25) is 4.79 Å². The maximum atomic E-state index is 12.2. The van der Waals surface area contributed by atoms with Crippen molar-refractivity contribution in [2.24, 2.45) is 0 Å². The van der Waals surface area contributed by atoms with Gasteiger partial charge in [-0.25, -0.2) is 9.50 Å². The third kappa shape index (κ3) is 3.74. The molecule has 0 radical (unpaired) electrons. The highest BCUT2D eigenvalue weighted by Crippen LogP contribution is 2.20. The van der Waals surface area contributed by atoms with Crippen molar-refractivity contribution in [3.05, 3.63) is 46.8 Å². The molecule has 1 N–H and O–H groups in total. The highest BCUT2D eigenvalue weighted by atomic mass is 16.1. The number of fused-ring (bicyclic) bond motifs is 1. The number of carbonyl (C=O) groups is 1. The van der Waals surface area contributed by atoms with Crippen molar-refractivity contribution in [1.29, 1.82) is 0 Å². The summed E-state index contributed by atoms with van der Waals surface area (Å²) < 4.78 is 1.74. The van der Waals surface area contributed by atoms with E-state index in [0.29, 0.717) is 24.6 Å². The van der Waals surface area contributed by atoms with Crippen molar-refractivity contribution in [1.82, 2.24) is 24.9 Å². The van der Waals surface area contributed by atoms with Crippen LogP contribution in [0.4, 0.5) is 0 Å². The summed E-state index contributed by atoms with van der Waals surface area (Å²) in [6, 6.07) is 8.08. The maximum Gasteiger partial charge on any atom is 0.253 e. The van der Waals surface area contributed by atoms with Crippen LogP contribution in [0.1, 0.15) is 42.3 Å². The van der Waals surface area contributed by atoms with Gasteiger partial charge in [0.05, 0.1) is 6.42 Å². The number of unbranched alkanes of at least 4 members (excludes halogenated alkanes) is 1. The topological polar surface area (TPSA) is 72.2 Å². The van der Waals surface area contributed by atoms with E-state index < -0.39 is 0 Å². The van der Waals surface area contributed by atoms with Crippen LogP contribution in [0.2, 0.25) is 0 Å². The van der Waals surface area contributed by atoms with Crippen molar-refractivity contribution >= 4 is 11.7 Å². The predicted octanol–water partition coefficient (Wildman–Crippen LogP) is 3.18. The SMILES string of the molecule is CCCCNC(=O)Cc1c(C)nc2nc(-c3cccc(C)c3)nn2c1C. The maximum absolute atomic E-state index is 12.2. The molecule has 136 valence electrons. The molecule has 2 heterocycles. The van der Waals surface area contributed by atoms with Crippen molar-refractivity contribution in [2.75, 3.05) is 6.54 Å². The molecule has 0 aliphatic rings. The van der Waals surface area contributed by atoms with Crippen molar-refractivity contribution in [2.45, 2.75) is 47.0 Å². The lowest BCUT2D eigenvalue weighted by atomic mass is 10.1. The number of hydrogen-bond acceptors (Lipinski definition) is 4. The first-order valence-corrected chi connectivity index (χ1v) is 9.06. The normalized spacial score (nSPS) is 11.1. The van der Waals surface area contributed by atoms with E-state index in [1.54, 1.807) is 4.52 Å². The summed E-state index contributed by atoms with van der Waals surface area (Å²) in [6.07, 6.45) is 2.36. The Kier molecular flexibility index (Phi) is 5.30. The number of aryl methyl sites for hydroxylation is 3. The van der Waals surface area contributed by atoms with Crippen LogP contribution in [-0.4, -0.2) is 32.0 Å². The van der Waals surface area contributed by atoms with E-state index in [0.717, 1.165) is 40.9 Å². The first-order valence-electron chi connectivity index (χ1n) is 9.06. The van der Waals surface area contributed by atoms with E-state index in [-0.39, 0.29) is 5.91 Å². The third-order valence-corrected chi connectivity index (χ3v) is 4.52. The van der Waals surface area contributed by atoms with Crippen LogP contribution in [0.5, 0.6) is 0 Å². The number of benzene rings is 1. The van der Waals surface area contributed by atoms with Crippen molar-refractivity contribution in [3.8, 4) is 11.4 Å². The molecular weight excluding hydrogens is 326 g/mol. The summed E-state index contributed by atoms with van der Waals surface area (Å²) in [7, 11) is 0. The van der Waals surface area contributed by atoms with Crippen LogP contribution < -0.4 is 5.32 Å². The molecule has 6 nitrogen and oxygen atoms in total. The standard InChI is InChI=1S/C20H25N5O/c1-5-6-10-21-18(26)12-17-14(3)22-20-23-19(24-25(20)15(17)4)16-9-7-8-13(2)11-16/h7-9,11H,5-6,10,12H2,1-4H3,(H,21,26).